The molecule has 0 radical (unpaired) electrons. The van der Waals surface area contributed by atoms with Crippen molar-refractivity contribution in [3.8, 4) is 11.3 Å². The van der Waals surface area contributed by atoms with Crippen LogP contribution in [0.3, 0.4) is 0 Å². The van der Waals surface area contributed by atoms with Crippen molar-refractivity contribution in [1.29, 1.82) is 0 Å². The average Bonchev–Trinajstić information content (AvgIpc) is 2.67. The van der Waals surface area contributed by atoms with Crippen molar-refractivity contribution in [2.75, 3.05) is 35.3 Å². The van der Waals surface area contributed by atoms with Gasteiger partial charge in [0.1, 0.15) is 18.0 Å². The van der Waals surface area contributed by atoms with E-state index in [1.807, 2.05) is 0 Å². The van der Waals surface area contributed by atoms with E-state index in [0.29, 0.717) is 35.8 Å². The van der Waals surface area contributed by atoms with E-state index in [9.17, 15) is 14.4 Å². The van der Waals surface area contributed by atoms with Crippen LogP contribution in [-0.2, 0) is 19.1 Å². The summed E-state index contributed by atoms with van der Waals surface area (Å²) in [6, 6.07) is 5.03. The van der Waals surface area contributed by atoms with Crippen molar-refractivity contribution >= 4 is 35.1 Å². The van der Waals surface area contributed by atoms with Gasteiger partial charge in [0.05, 0.1) is 29.9 Å². The van der Waals surface area contributed by atoms with E-state index in [-0.39, 0.29) is 24.2 Å². The highest BCUT2D eigenvalue weighted by molar-refractivity contribution is 5.96. The zero-order valence-corrected chi connectivity index (χ0v) is 17.9. The monoisotopic (exact) mass is 427 g/mol. The first-order chi connectivity index (χ1) is 14.6. The first-order valence-electron chi connectivity index (χ1n) is 9.74. The molecule has 1 fully saturated rings. The van der Waals surface area contributed by atoms with Gasteiger partial charge < -0.3 is 19.7 Å². The van der Waals surface area contributed by atoms with E-state index >= 15 is 0 Å². The number of amides is 3. The lowest BCUT2D eigenvalue weighted by Crippen LogP contribution is -2.41. The Morgan fingerprint density at radius 1 is 1.16 bits per heavy atom. The van der Waals surface area contributed by atoms with Crippen LogP contribution in [0.15, 0.2) is 30.6 Å². The quantitative estimate of drug-likeness (QED) is 0.769. The van der Waals surface area contributed by atoms with Crippen molar-refractivity contribution in [2.24, 2.45) is 0 Å². The molecule has 0 spiro atoms. The van der Waals surface area contributed by atoms with Crippen molar-refractivity contribution in [1.82, 2.24) is 9.97 Å². The van der Waals surface area contributed by atoms with Gasteiger partial charge >= 0.3 is 6.09 Å². The summed E-state index contributed by atoms with van der Waals surface area (Å²) in [6.07, 6.45) is 2.43. The van der Waals surface area contributed by atoms with Gasteiger partial charge in [-0.3, -0.25) is 19.9 Å². The molecule has 2 aromatic rings. The Labute approximate surface area is 180 Å². The standard InChI is InChI=1S/C21H25N5O5/c1-13(27)24-18-9-17(25-20(29)31-21(2,3)4)15(11-23-18)16-6-5-14(10-22-16)26-7-8-30-12-19(26)28/h5-6,9-11H,7-8,12H2,1-4H3,(H2,23,24,25,27,29). The molecule has 0 aliphatic carbocycles. The number of ether oxygens (including phenoxy) is 2. The highest BCUT2D eigenvalue weighted by Gasteiger charge is 2.22. The molecule has 31 heavy (non-hydrogen) atoms. The predicted molar refractivity (Wildman–Crippen MR) is 115 cm³/mol. The first kappa shape index (κ1) is 22.2. The number of anilines is 3. The molecule has 2 N–H and O–H groups in total. The lowest BCUT2D eigenvalue weighted by atomic mass is 10.1. The van der Waals surface area contributed by atoms with Crippen LogP contribution in [0, 0.1) is 0 Å². The van der Waals surface area contributed by atoms with E-state index in [0.717, 1.165) is 0 Å². The minimum Gasteiger partial charge on any atom is -0.444 e. The lowest BCUT2D eigenvalue weighted by molar-refractivity contribution is -0.125. The lowest BCUT2D eigenvalue weighted by Gasteiger charge is -2.26. The van der Waals surface area contributed by atoms with Gasteiger partial charge in [-0.15, -0.1) is 0 Å². The van der Waals surface area contributed by atoms with Crippen LogP contribution in [0.4, 0.5) is 22.0 Å². The number of nitrogens with one attached hydrogen (secondary N) is 2. The highest BCUT2D eigenvalue weighted by atomic mass is 16.6. The van der Waals surface area contributed by atoms with Crippen LogP contribution in [0.2, 0.25) is 0 Å². The summed E-state index contributed by atoms with van der Waals surface area (Å²) >= 11 is 0. The number of morpholine rings is 1. The second kappa shape index (κ2) is 9.09. The normalized spacial score (nSPS) is 14.2. The number of hydrogen-bond acceptors (Lipinski definition) is 7. The van der Waals surface area contributed by atoms with Gasteiger partial charge in [-0.25, -0.2) is 9.78 Å². The Morgan fingerprint density at radius 2 is 1.94 bits per heavy atom. The summed E-state index contributed by atoms with van der Waals surface area (Å²) < 4.78 is 10.5. The molecule has 1 aliphatic rings. The Bertz CT molecular complexity index is 985. The van der Waals surface area contributed by atoms with Gasteiger partial charge in [0.25, 0.3) is 5.91 Å². The molecular formula is C21H25N5O5. The zero-order valence-electron chi connectivity index (χ0n) is 17.9. The summed E-state index contributed by atoms with van der Waals surface area (Å²) in [7, 11) is 0. The number of carbonyl (C=O) groups excluding carboxylic acids is 3. The van der Waals surface area contributed by atoms with Crippen molar-refractivity contribution in [3.63, 3.8) is 0 Å². The van der Waals surface area contributed by atoms with Crippen LogP contribution in [0.25, 0.3) is 11.3 Å². The van der Waals surface area contributed by atoms with Crippen molar-refractivity contribution in [3.05, 3.63) is 30.6 Å². The third-order valence-electron chi connectivity index (χ3n) is 4.16. The summed E-state index contributed by atoms with van der Waals surface area (Å²) in [5.74, 6) is -0.145. The second-order valence-electron chi connectivity index (χ2n) is 7.92. The molecule has 2 aromatic heterocycles. The van der Waals surface area contributed by atoms with Crippen LogP contribution >= 0.6 is 0 Å². The number of carbonyl (C=O) groups is 3. The maximum atomic E-state index is 12.3. The number of pyridine rings is 2. The summed E-state index contributed by atoms with van der Waals surface area (Å²) in [4.78, 5) is 46.0. The molecule has 10 heteroatoms. The van der Waals surface area contributed by atoms with Crippen LogP contribution in [-0.4, -0.2) is 53.2 Å². The van der Waals surface area contributed by atoms with E-state index in [2.05, 4.69) is 20.6 Å². The minimum atomic E-state index is -0.678. The molecule has 164 valence electrons. The fourth-order valence-electron chi connectivity index (χ4n) is 2.92. The number of rotatable bonds is 4. The molecule has 0 atom stereocenters. The molecule has 1 aliphatic heterocycles. The van der Waals surface area contributed by atoms with Gasteiger partial charge in [0, 0.05) is 31.3 Å². The number of aromatic nitrogens is 2. The molecule has 3 rings (SSSR count). The van der Waals surface area contributed by atoms with Crippen LogP contribution in [0.1, 0.15) is 27.7 Å². The Balaban J connectivity index is 1.90. The van der Waals surface area contributed by atoms with Crippen LogP contribution < -0.4 is 15.5 Å². The van der Waals surface area contributed by atoms with E-state index in [1.165, 1.54) is 19.2 Å². The Kier molecular flexibility index (Phi) is 6.50. The molecule has 0 unspecified atom stereocenters. The summed E-state index contributed by atoms with van der Waals surface area (Å²) in [6.45, 7) is 7.61. The largest absolute Gasteiger partial charge is 0.444 e. The highest BCUT2D eigenvalue weighted by Crippen LogP contribution is 2.30. The summed E-state index contributed by atoms with van der Waals surface area (Å²) in [5.41, 5.74) is 1.40. The van der Waals surface area contributed by atoms with Gasteiger partial charge in [0.15, 0.2) is 0 Å². The maximum Gasteiger partial charge on any atom is 0.412 e. The van der Waals surface area contributed by atoms with E-state index in [1.54, 1.807) is 44.0 Å². The third kappa shape index (κ3) is 5.98. The van der Waals surface area contributed by atoms with Gasteiger partial charge in [-0.2, -0.15) is 0 Å². The molecule has 10 nitrogen and oxygen atoms in total. The minimum absolute atomic E-state index is 0.0419. The smallest absolute Gasteiger partial charge is 0.412 e. The van der Waals surface area contributed by atoms with E-state index in [4.69, 9.17) is 9.47 Å². The first-order valence-corrected chi connectivity index (χ1v) is 9.74. The molecular weight excluding hydrogens is 402 g/mol. The third-order valence-corrected chi connectivity index (χ3v) is 4.16. The predicted octanol–water partition coefficient (Wildman–Crippen LogP) is 2.81. The van der Waals surface area contributed by atoms with Crippen molar-refractivity contribution < 1.29 is 23.9 Å². The van der Waals surface area contributed by atoms with E-state index < -0.39 is 11.7 Å². The topological polar surface area (TPSA) is 123 Å². The van der Waals surface area contributed by atoms with Crippen LogP contribution in [0.5, 0.6) is 0 Å². The summed E-state index contributed by atoms with van der Waals surface area (Å²) in [5, 5.41) is 5.27. The Morgan fingerprint density at radius 3 is 2.55 bits per heavy atom. The fourth-order valence-corrected chi connectivity index (χ4v) is 2.92. The van der Waals surface area contributed by atoms with Gasteiger partial charge in [-0.05, 0) is 32.9 Å². The van der Waals surface area contributed by atoms with Gasteiger partial charge in [0.2, 0.25) is 5.91 Å². The Hall–Kier alpha value is -3.53. The maximum absolute atomic E-state index is 12.3. The number of hydrogen-bond donors (Lipinski definition) is 2. The second-order valence-corrected chi connectivity index (χ2v) is 7.92. The SMILES string of the molecule is CC(=O)Nc1cc(NC(=O)OC(C)(C)C)c(-c2ccc(N3CCOCC3=O)cn2)cn1. The number of nitrogens with zero attached hydrogens (tertiary/aromatic N) is 3. The molecule has 3 heterocycles. The molecule has 1 saturated heterocycles. The molecule has 3 amide bonds. The fraction of sp³-hybridized carbons (Fsp3) is 0.381. The van der Waals surface area contributed by atoms with Gasteiger partial charge in [-0.1, -0.05) is 0 Å². The molecule has 0 aromatic carbocycles. The van der Waals surface area contributed by atoms with Crippen molar-refractivity contribution in [2.45, 2.75) is 33.3 Å². The average molecular weight is 427 g/mol. The zero-order chi connectivity index (χ0) is 22.6. The molecule has 0 saturated carbocycles. The molecule has 0 bridgehead atoms.